The minimum Gasteiger partial charge on any atom is -0.382 e. The van der Waals surface area contributed by atoms with Gasteiger partial charge in [-0.1, -0.05) is 20.8 Å². The third kappa shape index (κ3) is 5.53. The van der Waals surface area contributed by atoms with Crippen molar-refractivity contribution in [2.24, 2.45) is 11.3 Å². The van der Waals surface area contributed by atoms with E-state index in [2.05, 4.69) is 33.0 Å². The molecule has 15 heavy (non-hydrogen) atoms. The van der Waals surface area contributed by atoms with Gasteiger partial charge in [0.25, 0.3) is 0 Å². The second-order valence-electron chi connectivity index (χ2n) is 5.73. The SMILES string of the molecule is CCOCCC(CNC1CC1)C(C)(C)C. The van der Waals surface area contributed by atoms with Crippen LogP contribution < -0.4 is 5.32 Å². The molecule has 1 aliphatic carbocycles. The first-order chi connectivity index (χ1) is 7.04. The van der Waals surface area contributed by atoms with Gasteiger partial charge in [0, 0.05) is 19.3 Å². The van der Waals surface area contributed by atoms with Gasteiger partial charge in [-0.05, 0) is 44.1 Å². The van der Waals surface area contributed by atoms with Crippen molar-refractivity contribution in [1.82, 2.24) is 5.32 Å². The summed E-state index contributed by atoms with van der Waals surface area (Å²) in [5.74, 6) is 0.727. The Morgan fingerprint density at radius 3 is 2.47 bits per heavy atom. The molecular weight excluding hydrogens is 186 g/mol. The number of rotatable bonds is 7. The van der Waals surface area contributed by atoms with Crippen LogP contribution in [-0.4, -0.2) is 25.8 Å². The molecule has 1 atom stereocenters. The summed E-state index contributed by atoms with van der Waals surface area (Å²) >= 11 is 0. The molecule has 0 aromatic rings. The first-order valence-corrected chi connectivity index (χ1v) is 6.35. The van der Waals surface area contributed by atoms with Crippen LogP contribution >= 0.6 is 0 Å². The second-order valence-corrected chi connectivity index (χ2v) is 5.73. The van der Waals surface area contributed by atoms with Gasteiger partial charge in [0.05, 0.1) is 0 Å². The van der Waals surface area contributed by atoms with Crippen LogP contribution in [0.25, 0.3) is 0 Å². The average Bonchev–Trinajstić information content (AvgIpc) is 2.92. The van der Waals surface area contributed by atoms with Crippen LogP contribution in [-0.2, 0) is 4.74 Å². The lowest BCUT2D eigenvalue weighted by Crippen LogP contribution is -2.33. The monoisotopic (exact) mass is 213 g/mol. The van der Waals surface area contributed by atoms with E-state index in [1.165, 1.54) is 19.3 Å². The lowest BCUT2D eigenvalue weighted by atomic mass is 9.79. The third-order valence-electron chi connectivity index (χ3n) is 3.27. The van der Waals surface area contributed by atoms with E-state index in [4.69, 9.17) is 4.74 Å². The minimum atomic E-state index is 0.388. The van der Waals surface area contributed by atoms with Crippen molar-refractivity contribution in [1.29, 1.82) is 0 Å². The van der Waals surface area contributed by atoms with Crippen LogP contribution in [0.5, 0.6) is 0 Å². The van der Waals surface area contributed by atoms with E-state index in [-0.39, 0.29) is 0 Å². The Balaban J connectivity index is 2.23. The molecular formula is C13H27NO. The van der Waals surface area contributed by atoms with Crippen molar-refractivity contribution in [3.63, 3.8) is 0 Å². The van der Waals surface area contributed by atoms with Crippen molar-refractivity contribution >= 4 is 0 Å². The summed E-state index contributed by atoms with van der Waals surface area (Å²) in [5.41, 5.74) is 0.388. The summed E-state index contributed by atoms with van der Waals surface area (Å²) in [4.78, 5) is 0. The highest BCUT2D eigenvalue weighted by Crippen LogP contribution is 2.29. The van der Waals surface area contributed by atoms with E-state index in [9.17, 15) is 0 Å². The fourth-order valence-electron chi connectivity index (χ4n) is 1.81. The molecule has 0 radical (unpaired) electrons. The molecule has 0 heterocycles. The molecule has 0 saturated heterocycles. The van der Waals surface area contributed by atoms with Gasteiger partial charge < -0.3 is 10.1 Å². The summed E-state index contributed by atoms with van der Waals surface area (Å²) in [6, 6.07) is 0.821. The average molecular weight is 213 g/mol. The number of nitrogens with one attached hydrogen (secondary N) is 1. The van der Waals surface area contributed by atoms with E-state index >= 15 is 0 Å². The lowest BCUT2D eigenvalue weighted by Gasteiger charge is -2.31. The van der Waals surface area contributed by atoms with Crippen molar-refractivity contribution in [3.05, 3.63) is 0 Å². The summed E-state index contributed by atoms with van der Waals surface area (Å²) in [5, 5.41) is 3.63. The summed E-state index contributed by atoms with van der Waals surface area (Å²) in [6.45, 7) is 12.0. The Hall–Kier alpha value is -0.0800. The molecule has 0 aromatic heterocycles. The van der Waals surface area contributed by atoms with Gasteiger partial charge in [-0.25, -0.2) is 0 Å². The van der Waals surface area contributed by atoms with Gasteiger partial charge in [-0.2, -0.15) is 0 Å². The van der Waals surface area contributed by atoms with Crippen LogP contribution in [0.1, 0.15) is 47.0 Å². The Bertz CT molecular complexity index is 170. The highest BCUT2D eigenvalue weighted by atomic mass is 16.5. The highest BCUT2D eigenvalue weighted by molar-refractivity contribution is 4.84. The van der Waals surface area contributed by atoms with Gasteiger partial charge in [-0.15, -0.1) is 0 Å². The van der Waals surface area contributed by atoms with Gasteiger partial charge in [-0.3, -0.25) is 0 Å². The molecule has 0 aliphatic heterocycles. The van der Waals surface area contributed by atoms with Crippen molar-refractivity contribution in [3.8, 4) is 0 Å². The van der Waals surface area contributed by atoms with Crippen LogP contribution in [0.4, 0.5) is 0 Å². The topological polar surface area (TPSA) is 21.3 Å². The predicted octanol–water partition coefficient (Wildman–Crippen LogP) is 2.83. The smallest absolute Gasteiger partial charge is 0.0469 e. The fraction of sp³-hybridized carbons (Fsp3) is 1.00. The maximum atomic E-state index is 5.45. The minimum absolute atomic E-state index is 0.388. The number of hydrogen-bond donors (Lipinski definition) is 1. The highest BCUT2D eigenvalue weighted by Gasteiger charge is 2.27. The molecule has 1 fully saturated rings. The zero-order valence-corrected chi connectivity index (χ0v) is 10.8. The first kappa shape index (κ1) is 13.0. The van der Waals surface area contributed by atoms with Gasteiger partial charge in [0.2, 0.25) is 0 Å². The maximum Gasteiger partial charge on any atom is 0.0469 e. The van der Waals surface area contributed by atoms with E-state index < -0.39 is 0 Å². The molecule has 1 saturated carbocycles. The van der Waals surface area contributed by atoms with Gasteiger partial charge >= 0.3 is 0 Å². The fourth-order valence-corrected chi connectivity index (χ4v) is 1.81. The molecule has 0 spiro atoms. The Morgan fingerprint density at radius 2 is 2.00 bits per heavy atom. The molecule has 2 nitrogen and oxygen atoms in total. The predicted molar refractivity (Wildman–Crippen MR) is 65.1 cm³/mol. The van der Waals surface area contributed by atoms with Crippen molar-refractivity contribution in [2.45, 2.75) is 53.0 Å². The molecule has 1 rings (SSSR count). The second kappa shape index (κ2) is 5.86. The largest absolute Gasteiger partial charge is 0.382 e. The van der Waals surface area contributed by atoms with E-state index in [1.807, 2.05) is 0 Å². The van der Waals surface area contributed by atoms with Gasteiger partial charge in [0.1, 0.15) is 0 Å². The summed E-state index contributed by atoms with van der Waals surface area (Å²) < 4.78 is 5.45. The van der Waals surface area contributed by atoms with Crippen LogP contribution in [0.15, 0.2) is 0 Å². The quantitative estimate of drug-likeness (QED) is 0.657. The molecule has 0 aromatic carbocycles. The summed E-state index contributed by atoms with van der Waals surface area (Å²) in [7, 11) is 0. The molecule has 1 aliphatic rings. The Morgan fingerprint density at radius 1 is 1.33 bits per heavy atom. The van der Waals surface area contributed by atoms with E-state index in [0.717, 1.165) is 31.7 Å². The lowest BCUT2D eigenvalue weighted by molar-refractivity contribution is 0.105. The van der Waals surface area contributed by atoms with E-state index in [0.29, 0.717) is 5.41 Å². The first-order valence-electron chi connectivity index (χ1n) is 6.35. The molecule has 0 amide bonds. The van der Waals surface area contributed by atoms with Crippen LogP contribution in [0.3, 0.4) is 0 Å². The maximum absolute atomic E-state index is 5.45. The van der Waals surface area contributed by atoms with Crippen LogP contribution in [0.2, 0.25) is 0 Å². The van der Waals surface area contributed by atoms with Crippen molar-refractivity contribution in [2.75, 3.05) is 19.8 Å². The number of hydrogen-bond acceptors (Lipinski definition) is 2. The molecule has 0 bridgehead atoms. The zero-order valence-electron chi connectivity index (χ0n) is 10.8. The normalized spacial score (nSPS) is 19.2. The summed E-state index contributed by atoms with van der Waals surface area (Å²) in [6.07, 6.45) is 3.93. The molecule has 1 N–H and O–H groups in total. The Labute approximate surface area is 94.8 Å². The molecule has 1 unspecified atom stereocenters. The van der Waals surface area contributed by atoms with E-state index in [1.54, 1.807) is 0 Å². The number of ether oxygens (including phenoxy) is 1. The Kier molecular flexibility index (Phi) is 5.07. The van der Waals surface area contributed by atoms with Gasteiger partial charge in [0.15, 0.2) is 0 Å². The molecule has 90 valence electrons. The van der Waals surface area contributed by atoms with Crippen molar-refractivity contribution < 1.29 is 4.74 Å². The zero-order chi connectivity index (χ0) is 11.3. The molecule has 2 heteroatoms. The third-order valence-corrected chi connectivity index (χ3v) is 3.27. The standard InChI is InChI=1S/C13H27NO/c1-5-15-9-8-11(13(2,3)4)10-14-12-6-7-12/h11-12,14H,5-10H2,1-4H3. The van der Waals surface area contributed by atoms with Crippen LogP contribution in [0, 0.1) is 11.3 Å².